The van der Waals surface area contributed by atoms with Gasteiger partial charge in [-0.2, -0.15) is 0 Å². The predicted molar refractivity (Wildman–Crippen MR) is 79.4 cm³/mol. The number of rotatable bonds is 5. The fourth-order valence-corrected chi connectivity index (χ4v) is 2.02. The second kappa shape index (κ2) is 6.69. The highest BCUT2D eigenvalue weighted by atomic mass is 19.1. The third-order valence-corrected chi connectivity index (χ3v) is 3.05. The van der Waals surface area contributed by atoms with Crippen LogP contribution in [0.1, 0.15) is 31.8 Å². The molecular weight excluding hydrogens is 305 g/mol. The van der Waals surface area contributed by atoms with Crippen LogP contribution in [0.2, 0.25) is 0 Å². The van der Waals surface area contributed by atoms with Crippen LogP contribution < -0.4 is 0 Å². The highest BCUT2D eigenvalue weighted by Gasteiger charge is 2.19. The summed E-state index contributed by atoms with van der Waals surface area (Å²) in [5.41, 5.74) is 0.337. The smallest absolute Gasteiger partial charge is 0.336 e. The summed E-state index contributed by atoms with van der Waals surface area (Å²) in [5, 5.41) is 22.1. The number of oxime groups is 1. The van der Waals surface area contributed by atoms with E-state index in [0.717, 1.165) is 6.07 Å². The van der Waals surface area contributed by atoms with Gasteiger partial charge in [0.05, 0.1) is 11.1 Å². The van der Waals surface area contributed by atoms with Gasteiger partial charge >= 0.3 is 11.9 Å². The topological polar surface area (TPSA) is 96.2 Å². The van der Waals surface area contributed by atoms with Crippen molar-refractivity contribution in [2.75, 3.05) is 7.11 Å². The first-order chi connectivity index (χ1) is 10.9. The fourth-order valence-electron chi connectivity index (χ4n) is 2.02. The normalized spacial score (nSPS) is 11.1. The number of carboxylic acid groups (broad SMARTS) is 2. The van der Waals surface area contributed by atoms with Crippen molar-refractivity contribution < 1.29 is 29.0 Å². The number of nitrogens with zero attached hydrogens (tertiary/aromatic N) is 1. The summed E-state index contributed by atoms with van der Waals surface area (Å²) >= 11 is 0. The monoisotopic (exact) mass is 317 g/mol. The number of hydrogen-bond acceptors (Lipinski definition) is 4. The Morgan fingerprint density at radius 3 is 2.09 bits per heavy atom. The van der Waals surface area contributed by atoms with Crippen LogP contribution in [0, 0.1) is 5.82 Å². The number of benzene rings is 2. The van der Waals surface area contributed by atoms with Gasteiger partial charge in [0.2, 0.25) is 0 Å². The average Bonchev–Trinajstić information content (AvgIpc) is 2.53. The molecule has 0 saturated carbocycles. The van der Waals surface area contributed by atoms with Crippen molar-refractivity contribution in [3.05, 3.63) is 70.5 Å². The van der Waals surface area contributed by atoms with E-state index in [2.05, 4.69) is 5.16 Å². The Hall–Kier alpha value is -3.22. The minimum Gasteiger partial charge on any atom is -0.478 e. The second-order valence-electron chi connectivity index (χ2n) is 4.50. The van der Waals surface area contributed by atoms with Gasteiger partial charge in [0.15, 0.2) is 0 Å². The van der Waals surface area contributed by atoms with Crippen LogP contribution in [0.25, 0.3) is 0 Å². The lowest BCUT2D eigenvalue weighted by Crippen LogP contribution is -2.13. The van der Waals surface area contributed by atoms with Crippen LogP contribution in [0.4, 0.5) is 4.39 Å². The lowest BCUT2D eigenvalue weighted by atomic mass is 9.95. The summed E-state index contributed by atoms with van der Waals surface area (Å²) in [5.74, 6) is -3.01. The SMILES string of the molecule is CON=C(c1ccc(F)cc1)c1ccc(C(=O)O)cc1C(=O)O. The molecule has 7 heteroatoms. The van der Waals surface area contributed by atoms with Crippen molar-refractivity contribution in [2.24, 2.45) is 5.16 Å². The predicted octanol–water partition coefficient (Wildman–Crippen LogP) is 2.62. The molecule has 0 heterocycles. The molecule has 0 aliphatic heterocycles. The summed E-state index contributed by atoms with van der Waals surface area (Å²) in [6, 6.07) is 8.87. The van der Waals surface area contributed by atoms with E-state index in [1.165, 1.54) is 43.5 Å². The molecule has 0 atom stereocenters. The second-order valence-corrected chi connectivity index (χ2v) is 4.50. The van der Waals surface area contributed by atoms with E-state index in [-0.39, 0.29) is 22.4 Å². The summed E-state index contributed by atoms with van der Waals surface area (Å²) < 4.78 is 13.1. The van der Waals surface area contributed by atoms with Gasteiger partial charge in [-0.15, -0.1) is 0 Å². The van der Waals surface area contributed by atoms with Gasteiger partial charge in [0, 0.05) is 11.1 Å². The molecule has 0 saturated heterocycles. The Morgan fingerprint density at radius 2 is 1.57 bits per heavy atom. The maximum Gasteiger partial charge on any atom is 0.336 e. The summed E-state index contributed by atoms with van der Waals surface area (Å²) in [4.78, 5) is 27.2. The molecule has 0 amide bonds. The van der Waals surface area contributed by atoms with E-state index >= 15 is 0 Å². The summed E-state index contributed by atoms with van der Waals surface area (Å²) in [6.07, 6.45) is 0. The van der Waals surface area contributed by atoms with Gasteiger partial charge in [0.25, 0.3) is 0 Å². The van der Waals surface area contributed by atoms with E-state index in [1.807, 2.05) is 0 Å². The van der Waals surface area contributed by atoms with E-state index in [0.29, 0.717) is 5.56 Å². The Balaban J connectivity index is 2.64. The lowest BCUT2D eigenvalue weighted by molar-refractivity contribution is 0.0695. The molecule has 0 bridgehead atoms. The first-order valence-electron chi connectivity index (χ1n) is 6.42. The molecule has 6 nitrogen and oxygen atoms in total. The Labute approximate surface area is 130 Å². The molecule has 2 N–H and O–H groups in total. The van der Waals surface area contributed by atoms with Gasteiger partial charge < -0.3 is 15.1 Å². The number of hydrogen-bond donors (Lipinski definition) is 2. The molecule has 0 aliphatic rings. The third kappa shape index (κ3) is 3.52. The van der Waals surface area contributed by atoms with Crippen LogP contribution >= 0.6 is 0 Å². The molecule has 2 aromatic rings. The molecule has 118 valence electrons. The molecule has 0 radical (unpaired) electrons. The van der Waals surface area contributed by atoms with Gasteiger partial charge in [-0.25, -0.2) is 14.0 Å². The molecule has 0 aromatic heterocycles. The number of carboxylic acids is 2. The fraction of sp³-hybridized carbons (Fsp3) is 0.0625. The van der Waals surface area contributed by atoms with Crippen LogP contribution in [0.3, 0.4) is 0 Å². The molecule has 2 rings (SSSR count). The molecular formula is C16H12FNO5. The maximum absolute atomic E-state index is 13.1. The van der Waals surface area contributed by atoms with Gasteiger partial charge in [0.1, 0.15) is 18.6 Å². The zero-order chi connectivity index (χ0) is 17.0. The molecule has 0 aliphatic carbocycles. The minimum absolute atomic E-state index is 0.154. The van der Waals surface area contributed by atoms with Crippen molar-refractivity contribution in [1.82, 2.24) is 0 Å². The summed E-state index contributed by atoms with van der Waals surface area (Å²) in [7, 11) is 1.29. The maximum atomic E-state index is 13.1. The van der Waals surface area contributed by atoms with Crippen molar-refractivity contribution in [1.29, 1.82) is 0 Å². The number of carbonyl (C=O) groups is 2. The number of halogens is 1. The summed E-state index contributed by atoms with van der Waals surface area (Å²) in [6.45, 7) is 0. The largest absolute Gasteiger partial charge is 0.478 e. The highest BCUT2D eigenvalue weighted by Crippen LogP contribution is 2.19. The van der Waals surface area contributed by atoms with Crippen LogP contribution in [-0.4, -0.2) is 35.0 Å². The van der Waals surface area contributed by atoms with Gasteiger partial charge in [-0.05, 0) is 36.4 Å². The third-order valence-electron chi connectivity index (χ3n) is 3.05. The molecule has 0 fully saturated rings. The van der Waals surface area contributed by atoms with E-state index in [1.54, 1.807) is 0 Å². The van der Waals surface area contributed by atoms with Crippen molar-refractivity contribution >= 4 is 17.7 Å². The first-order valence-corrected chi connectivity index (χ1v) is 6.42. The highest BCUT2D eigenvalue weighted by molar-refractivity contribution is 6.17. The van der Waals surface area contributed by atoms with Gasteiger partial charge in [-0.3, -0.25) is 0 Å². The van der Waals surface area contributed by atoms with Crippen LogP contribution in [0.5, 0.6) is 0 Å². The quantitative estimate of drug-likeness (QED) is 0.653. The van der Waals surface area contributed by atoms with Crippen LogP contribution in [-0.2, 0) is 4.84 Å². The van der Waals surface area contributed by atoms with Crippen LogP contribution in [0.15, 0.2) is 47.6 Å². The van der Waals surface area contributed by atoms with Gasteiger partial charge in [-0.1, -0.05) is 11.2 Å². The molecule has 2 aromatic carbocycles. The number of aromatic carboxylic acids is 2. The van der Waals surface area contributed by atoms with E-state index in [4.69, 9.17) is 9.94 Å². The van der Waals surface area contributed by atoms with Crippen molar-refractivity contribution in [3.8, 4) is 0 Å². The Kier molecular flexibility index (Phi) is 4.70. The zero-order valence-electron chi connectivity index (χ0n) is 12.0. The Morgan fingerprint density at radius 1 is 0.957 bits per heavy atom. The molecule has 0 spiro atoms. The Bertz CT molecular complexity index is 784. The first kappa shape index (κ1) is 16.2. The average molecular weight is 317 g/mol. The van der Waals surface area contributed by atoms with Crippen molar-refractivity contribution in [2.45, 2.75) is 0 Å². The molecule has 0 unspecified atom stereocenters. The van der Waals surface area contributed by atoms with E-state index < -0.39 is 17.8 Å². The zero-order valence-corrected chi connectivity index (χ0v) is 12.0. The standard InChI is InChI=1S/C16H12FNO5/c1-23-18-14(9-2-5-11(17)6-3-9)12-7-4-10(15(19)20)8-13(12)16(21)22/h2-8H,1H3,(H,19,20)(H,21,22). The lowest BCUT2D eigenvalue weighted by Gasteiger charge is -2.10. The van der Waals surface area contributed by atoms with Crippen molar-refractivity contribution in [3.63, 3.8) is 0 Å². The van der Waals surface area contributed by atoms with E-state index in [9.17, 15) is 19.1 Å². The minimum atomic E-state index is -1.31. The molecule has 23 heavy (non-hydrogen) atoms.